The number of hydrogen-bond donors (Lipinski definition) is 1. The van der Waals surface area contributed by atoms with E-state index in [-0.39, 0.29) is 5.56 Å². The van der Waals surface area contributed by atoms with Crippen molar-refractivity contribution in [3.8, 4) is 22.7 Å². The van der Waals surface area contributed by atoms with Gasteiger partial charge in [0.2, 0.25) is 0 Å². The number of nitrogens with one attached hydrogen (secondary N) is 1. The van der Waals surface area contributed by atoms with Crippen molar-refractivity contribution >= 4 is 20.5 Å². The number of benzene rings is 2. The van der Waals surface area contributed by atoms with Crippen LogP contribution >= 0.6 is 0 Å². The fourth-order valence-corrected chi connectivity index (χ4v) is 3.94. The molecular formula is C22H20N4O3S. The third kappa shape index (κ3) is 3.46. The molecule has 8 heteroatoms. The summed E-state index contributed by atoms with van der Waals surface area (Å²) in [7, 11) is -1.22. The number of hydrogen-bond acceptors (Lipinski definition) is 6. The summed E-state index contributed by atoms with van der Waals surface area (Å²) in [5.74, 6) is 1.11. The molecule has 0 saturated heterocycles. The number of methoxy groups -OCH3 is 1. The average molecular weight is 420 g/mol. The Balaban J connectivity index is 1.80. The van der Waals surface area contributed by atoms with Crippen molar-refractivity contribution in [1.29, 1.82) is 4.78 Å². The van der Waals surface area contributed by atoms with E-state index in [2.05, 4.69) is 10.1 Å². The minimum atomic E-state index is -2.87. The quantitative estimate of drug-likeness (QED) is 0.541. The van der Waals surface area contributed by atoms with Crippen LogP contribution in [0.5, 0.6) is 5.75 Å². The minimum Gasteiger partial charge on any atom is -0.496 e. The van der Waals surface area contributed by atoms with Gasteiger partial charge in [-0.3, -0.25) is 4.79 Å². The zero-order chi connectivity index (χ0) is 21.5. The van der Waals surface area contributed by atoms with Gasteiger partial charge in [0.25, 0.3) is 5.56 Å². The zero-order valence-corrected chi connectivity index (χ0v) is 17.6. The first kappa shape index (κ1) is 19.8. The molecule has 2 aromatic carbocycles. The van der Waals surface area contributed by atoms with Gasteiger partial charge >= 0.3 is 0 Å². The Morgan fingerprint density at radius 2 is 1.90 bits per heavy atom. The third-order valence-electron chi connectivity index (χ3n) is 4.99. The van der Waals surface area contributed by atoms with E-state index < -0.39 is 9.73 Å². The standard InChI is InChI=1S/C22H20N4O3S/c1-14-18(5-4-6-20(14)29-2)15-7-9-19-16(11-15)12-25-26(22(19)27)21-10-8-17(13-24-21)30(3,23)28/h4-13,23H,1-3H3. The highest BCUT2D eigenvalue weighted by molar-refractivity contribution is 7.91. The second-order valence-corrected chi connectivity index (χ2v) is 9.15. The topological polar surface area (TPSA) is 97.9 Å². The Bertz CT molecular complexity index is 1430. The molecule has 1 N–H and O–H groups in total. The number of pyridine rings is 1. The van der Waals surface area contributed by atoms with Crippen LogP contribution in [0.1, 0.15) is 5.56 Å². The lowest BCUT2D eigenvalue weighted by atomic mass is 9.98. The van der Waals surface area contributed by atoms with Gasteiger partial charge in [-0.1, -0.05) is 18.2 Å². The highest BCUT2D eigenvalue weighted by atomic mass is 32.2. The monoisotopic (exact) mass is 420 g/mol. The van der Waals surface area contributed by atoms with E-state index in [0.29, 0.717) is 16.1 Å². The second-order valence-electron chi connectivity index (χ2n) is 6.99. The maximum absolute atomic E-state index is 13.0. The van der Waals surface area contributed by atoms with Gasteiger partial charge in [0.15, 0.2) is 5.82 Å². The van der Waals surface area contributed by atoms with Crippen LogP contribution in [-0.2, 0) is 9.73 Å². The van der Waals surface area contributed by atoms with Gasteiger partial charge < -0.3 is 4.74 Å². The smallest absolute Gasteiger partial charge is 0.280 e. The molecule has 0 aliphatic rings. The molecule has 0 fully saturated rings. The van der Waals surface area contributed by atoms with E-state index >= 15 is 0 Å². The number of aromatic nitrogens is 3. The van der Waals surface area contributed by atoms with Gasteiger partial charge in [-0.15, -0.1) is 0 Å². The molecule has 0 saturated carbocycles. The van der Waals surface area contributed by atoms with Crippen molar-refractivity contribution in [3.63, 3.8) is 0 Å². The number of fused-ring (bicyclic) bond motifs is 1. The van der Waals surface area contributed by atoms with E-state index in [1.54, 1.807) is 25.4 Å². The molecule has 152 valence electrons. The Morgan fingerprint density at radius 1 is 1.10 bits per heavy atom. The van der Waals surface area contributed by atoms with E-state index in [1.807, 2.05) is 37.3 Å². The average Bonchev–Trinajstić information content (AvgIpc) is 2.73. The SMILES string of the molecule is COc1cccc(-c2ccc3c(=O)n(-c4ccc(S(C)(=N)=O)cn4)ncc3c2)c1C. The van der Waals surface area contributed by atoms with Gasteiger partial charge in [-0.2, -0.15) is 9.78 Å². The van der Waals surface area contributed by atoms with Crippen LogP contribution in [0, 0.1) is 11.7 Å². The Morgan fingerprint density at radius 3 is 2.57 bits per heavy atom. The number of rotatable bonds is 4. The number of nitrogens with zero attached hydrogens (tertiary/aromatic N) is 3. The molecule has 4 aromatic rings. The van der Waals surface area contributed by atoms with Crippen LogP contribution in [0.4, 0.5) is 0 Å². The Kier molecular flexibility index (Phi) is 4.87. The lowest BCUT2D eigenvalue weighted by molar-refractivity contribution is 0.412. The van der Waals surface area contributed by atoms with Crippen molar-refractivity contribution in [1.82, 2.24) is 14.8 Å². The minimum absolute atomic E-state index is 0.301. The van der Waals surface area contributed by atoms with Gasteiger partial charge in [0.05, 0.1) is 33.3 Å². The summed E-state index contributed by atoms with van der Waals surface area (Å²) in [4.78, 5) is 17.4. The summed E-state index contributed by atoms with van der Waals surface area (Å²) >= 11 is 0. The maximum Gasteiger partial charge on any atom is 0.280 e. The van der Waals surface area contributed by atoms with Gasteiger partial charge in [-0.25, -0.2) is 14.0 Å². The molecule has 0 bridgehead atoms. The predicted octanol–water partition coefficient (Wildman–Crippen LogP) is 3.80. The van der Waals surface area contributed by atoms with Crippen LogP contribution in [-0.4, -0.2) is 32.3 Å². The molecule has 0 radical (unpaired) electrons. The first-order chi connectivity index (χ1) is 14.3. The zero-order valence-electron chi connectivity index (χ0n) is 16.7. The normalized spacial score (nSPS) is 13.2. The Hall–Kier alpha value is -3.52. The summed E-state index contributed by atoms with van der Waals surface area (Å²) in [6, 6.07) is 14.5. The fraction of sp³-hybridized carbons (Fsp3) is 0.136. The molecule has 0 amide bonds. The molecular weight excluding hydrogens is 400 g/mol. The first-order valence-corrected chi connectivity index (χ1v) is 11.1. The summed E-state index contributed by atoms with van der Waals surface area (Å²) in [6.45, 7) is 2.00. The molecule has 7 nitrogen and oxygen atoms in total. The second kappa shape index (κ2) is 7.38. The molecule has 1 atom stereocenters. The van der Waals surface area contributed by atoms with Crippen LogP contribution in [0.3, 0.4) is 0 Å². The van der Waals surface area contributed by atoms with Crippen molar-refractivity contribution in [2.75, 3.05) is 13.4 Å². The van der Waals surface area contributed by atoms with E-state index in [4.69, 9.17) is 9.52 Å². The number of ether oxygens (including phenoxy) is 1. The third-order valence-corrected chi connectivity index (χ3v) is 6.13. The molecule has 2 heterocycles. The van der Waals surface area contributed by atoms with E-state index in [9.17, 15) is 9.00 Å². The predicted molar refractivity (Wildman–Crippen MR) is 117 cm³/mol. The molecule has 0 spiro atoms. The summed E-state index contributed by atoms with van der Waals surface area (Å²) in [5.41, 5.74) is 2.71. The van der Waals surface area contributed by atoms with Crippen molar-refractivity contribution in [2.24, 2.45) is 0 Å². The summed E-state index contributed by atoms with van der Waals surface area (Å²) in [5, 5.41) is 5.49. The van der Waals surface area contributed by atoms with Gasteiger partial charge in [-0.05, 0) is 53.9 Å². The lowest BCUT2D eigenvalue weighted by Crippen LogP contribution is -2.22. The largest absolute Gasteiger partial charge is 0.496 e. The van der Waals surface area contributed by atoms with Crippen molar-refractivity contribution in [2.45, 2.75) is 11.8 Å². The highest BCUT2D eigenvalue weighted by Crippen LogP contribution is 2.31. The Labute approximate surface area is 174 Å². The highest BCUT2D eigenvalue weighted by Gasteiger charge is 2.12. The molecule has 2 aromatic heterocycles. The van der Waals surface area contributed by atoms with Crippen LogP contribution in [0.25, 0.3) is 27.7 Å². The van der Waals surface area contributed by atoms with Crippen LogP contribution in [0.15, 0.2) is 70.6 Å². The van der Waals surface area contributed by atoms with Crippen LogP contribution < -0.4 is 10.3 Å². The van der Waals surface area contributed by atoms with Crippen LogP contribution in [0.2, 0.25) is 0 Å². The first-order valence-electron chi connectivity index (χ1n) is 9.16. The fourth-order valence-electron chi connectivity index (χ4n) is 3.36. The van der Waals surface area contributed by atoms with Crippen molar-refractivity contribution < 1.29 is 8.95 Å². The molecule has 30 heavy (non-hydrogen) atoms. The molecule has 1 unspecified atom stereocenters. The molecule has 0 aliphatic carbocycles. The lowest BCUT2D eigenvalue weighted by Gasteiger charge is -2.11. The van der Waals surface area contributed by atoms with E-state index in [0.717, 1.165) is 27.8 Å². The van der Waals surface area contributed by atoms with Crippen molar-refractivity contribution in [3.05, 3.63) is 76.8 Å². The van der Waals surface area contributed by atoms with E-state index in [1.165, 1.54) is 23.2 Å². The van der Waals surface area contributed by atoms with Gasteiger partial charge in [0.1, 0.15) is 5.75 Å². The molecule has 0 aliphatic heterocycles. The molecule has 4 rings (SSSR count). The van der Waals surface area contributed by atoms with Gasteiger partial charge in [0, 0.05) is 17.8 Å². The summed E-state index contributed by atoms with van der Waals surface area (Å²) in [6.07, 6.45) is 4.29. The maximum atomic E-state index is 13.0. The summed E-state index contributed by atoms with van der Waals surface area (Å²) < 4.78 is 26.1.